The molecule has 2 fully saturated rings. The first-order valence-corrected chi connectivity index (χ1v) is 6.36. The van der Waals surface area contributed by atoms with Crippen molar-refractivity contribution in [3.8, 4) is 0 Å². The molecule has 0 aromatic carbocycles. The van der Waals surface area contributed by atoms with E-state index in [1.807, 2.05) is 23.1 Å². The van der Waals surface area contributed by atoms with Crippen LogP contribution in [-0.4, -0.2) is 46.4 Å². The van der Waals surface area contributed by atoms with Crippen molar-refractivity contribution in [2.75, 3.05) is 19.6 Å². The Morgan fingerprint density at radius 2 is 2.12 bits per heavy atom. The molecule has 2 saturated heterocycles. The van der Waals surface area contributed by atoms with Crippen molar-refractivity contribution in [2.24, 2.45) is 0 Å². The molecule has 3 rings (SSSR count). The second-order valence-corrected chi connectivity index (χ2v) is 5.00. The molecule has 2 aliphatic heterocycles. The molecule has 4 nitrogen and oxygen atoms in total. The molecule has 3 heterocycles. The third kappa shape index (κ3) is 2.28. The summed E-state index contributed by atoms with van der Waals surface area (Å²) < 4.78 is 2.02. The average molecular weight is 220 g/mol. The highest BCUT2D eigenvalue weighted by Crippen LogP contribution is 2.20. The minimum Gasteiger partial charge on any atom is -0.310 e. The minimum atomic E-state index is 0.741. The number of rotatable bonds is 3. The Hall–Kier alpha value is -0.870. The number of hydrogen-bond acceptors (Lipinski definition) is 3. The van der Waals surface area contributed by atoms with Gasteiger partial charge in [-0.2, -0.15) is 5.10 Å². The molecule has 1 N–H and O–H groups in total. The average Bonchev–Trinajstić information content (AvgIpc) is 2.87. The largest absolute Gasteiger partial charge is 0.310 e. The third-order valence-electron chi connectivity index (χ3n) is 3.81. The van der Waals surface area contributed by atoms with E-state index in [1.54, 1.807) is 0 Å². The van der Waals surface area contributed by atoms with Gasteiger partial charge in [-0.15, -0.1) is 0 Å². The predicted octanol–water partition coefficient (Wildman–Crippen LogP) is 0.709. The van der Waals surface area contributed by atoms with Crippen LogP contribution < -0.4 is 5.32 Å². The van der Waals surface area contributed by atoms with Gasteiger partial charge >= 0.3 is 0 Å². The van der Waals surface area contributed by atoms with Crippen molar-refractivity contribution < 1.29 is 0 Å². The number of aromatic nitrogens is 2. The molecule has 1 aromatic heterocycles. The van der Waals surface area contributed by atoms with Gasteiger partial charge in [0.15, 0.2) is 0 Å². The first-order valence-electron chi connectivity index (χ1n) is 6.36. The molecule has 4 heteroatoms. The Morgan fingerprint density at radius 3 is 3.00 bits per heavy atom. The van der Waals surface area contributed by atoms with Gasteiger partial charge in [-0.25, -0.2) is 0 Å². The lowest BCUT2D eigenvalue weighted by Gasteiger charge is -2.23. The van der Waals surface area contributed by atoms with E-state index >= 15 is 0 Å². The molecule has 0 spiro atoms. The van der Waals surface area contributed by atoms with Crippen LogP contribution in [0.2, 0.25) is 0 Å². The lowest BCUT2D eigenvalue weighted by molar-refractivity contribution is 0.245. The van der Waals surface area contributed by atoms with E-state index in [2.05, 4.69) is 15.3 Å². The van der Waals surface area contributed by atoms with Gasteiger partial charge < -0.3 is 5.32 Å². The molecule has 0 saturated carbocycles. The molecule has 2 unspecified atom stereocenters. The summed E-state index contributed by atoms with van der Waals surface area (Å²) in [6, 6.07) is 3.52. The van der Waals surface area contributed by atoms with Crippen molar-refractivity contribution in [1.29, 1.82) is 0 Å². The Morgan fingerprint density at radius 1 is 1.19 bits per heavy atom. The Kier molecular flexibility index (Phi) is 2.93. The van der Waals surface area contributed by atoms with Crippen LogP contribution in [-0.2, 0) is 6.54 Å². The maximum absolute atomic E-state index is 4.25. The van der Waals surface area contributed by atoms with E-state index in [9.17, 15) is 0 Å². The number of fused-ring (bicyclic) bond motifs is 2. The smallest absolute Gasteiger partial charge is 0.0536 e. The maximum atomic E-state index is 4.25. The summed E-state index contributed by atoms with van der Waals surface area (Å²) in [7, 11) is 0. The number of nitrogens with zero attached hydrogens (tertiary/aromatic N) is 3. The van der Waals surface area contributed by atoms with Crippen molar-refractivity contribution in [2.45, 2.75) is 37.9 Å². The normalized spacial score (nSPS) is 30.5. The van der Waals surface area contributed by atoms with Crippen molar-refractivity contribution in [3.63, 3.8) is 0 Å². The minimum absolute atomic E-state index is 0.741. The fraction of sp³-hybridized carbons (Fsp3) is 0.750. The van der Waals surface area contributed by atoms with Crippen LogP contribution >= 0.6 is 0 Å². The first-order chi connectivity index (χ1) is 7.90. The van der Waals surface area contributed by atoms with Crippen LogP contribution in [0.25, 0.3) is 0 Å². The van der Waals surface area contributed by atoms with Crippen LogP contribution in [0.1, 0.15) is 19.3 Å². The standard InChI is InChI=1S/C12H20N4/c1-5-13-16(6-1)9-8-15-7-4-11-2-3-12(10-15)14-11/h1,5-6,11-12,14H,2-4,7-10H2. The Labute approximate surface area is 96.6 Å². The molecule has 2 atom stereocenters. The van der Waals surface area contributed by atoms with Gasteiger partial charge in [0, 0.05) is 37.6 Å². The van der Waals surface area contributed by atoms with Gasteiger partial charge in [0.05, 0.1) is 6.54 Å². The van der Waals surface area contributed by atoms with Gasteiger partial charge in [-0.3, -0.25) is 9.58 Å². The zero-order valence-corrected chi connectivity index (χ0v) is 9.68. The first kappa shape index (κ1) is 10.3. The summed E-state index contributed by atoms with van der Waals surface area (Å²) in [6.07, 6.45) is 7.96. The summed E-state index contributed by atoms with van der Waals surface area (Å²) >= 11 is 0. The van der Waals surface area contributed by atoms with Gasteiger partial charge in [-0.05, 0) is 31.9 Å². The number of nitrogens with one attached hydrogen (secondary N) is 1. The van der Waals surface area contributed by atoms with Crippen LogP contribution in [0.3, 0.4) is 0 Å². The van der Waals surface area contributed by atoms with Gasteiger partial charge in [0.2, 0.25) is 0 Å². The maximum Gasteiger partial charge on any atom is 0.0536 e. The highest BCUT2D eigenvalue weighted by Gasteiger charge is 2.28. The molecule has 2 bridgehead atoms. The topological polar surface area (TPSA) is 33.1 Å². The summed E-state index contributed by atoms with van der Waals surface area (Å²) in [5.74, 6) is 0. The SMILES string of the molecule is c1cnn(CCN2CCC3CCC(C2)N3)c1. The summed E-state index contributed by atoms with van der Waals surface area (Å²) in [4.78, 5) is 2.58. The molecule has 1 aromatic rings. The van der Waals surface area contributed by atoms with Gasteiger partial charge in [-0.1, -0.05) is 0 Å². The fourth-order valence-corrected chi connectivity index (χ4v) is 2.90. The number of hydrogen-bond donors (Lipinski definition) is 1. The van der Waals surface area contributed by atoms with Crippen LogP contribution in [0.5, 0.6) is 0 Å². The Balaban J connectivity index is 1.51. The fourth-order valence-electron chi connectivity index (χ4n) is 2.90. The van der Waals surface area contributed by atoms with Crippen LogP contribution in [0.4, 0.5) is 0 Å². The Bertz CT molecular complexity index is 322. The van der Waals surface area contributed by atoms with E-state index in [4.69, 9.17) is 0 Å². The molecule has 0 amide bonds. The predicted molar refractivity (Wildman–Crippen MR) is 63.2 cm³/mol. The molecule has 88 valence electrons. The molecule has 16 heavy (non-hydrogen) atoms. The summed E-state index contributed by atoms with van der Waals surface area (Å²) in [6.45, 7) is 4.62. The number of likely N-dealkylation sites (tertiary alicyclic amines) is 1. The zero-order valence-electron chi connectivity index (χ0n) is 9.68. The van der Waals surface area contributed by atoms with E-state index in [-0.39, 0.29) is 0 Å². The van der Waals surface area contributed by atoms with Crippen LogP contribution in [0.15, 0.2) is 18.5 Å². The van der Waals surface area contributed by atoms with Crippen molar-refractivity contribution in [3.05, 3.63) is 18.5 Å². The summed E-state index contributed by atoms with van der Waals surface area (Å²) in [5.41, 5.74) is 0. The zero-order chi connectivity index (χ0) is 10.8. The molecular formula is C12H20N4. The highest BCUT2D eigenvalue weighted by molar-refractivity contribution is 4.89. The molecule has 0 aliphatic carbocycles. The molecular weight excluding hydrogens is 200 g/mol. The van der Waals surface area contributed by atoms with Crippen LogP contribution in [0, 0.1) is 0 Å². The summed E-state index contributed by atoms with van der Waals surface area (Å²) in [5, 5.41) is 7.96. The van der Waals surface area contributed by atoms with Crippen molar-refractivity contribution in [1.82, 2.24) is 20.0 Å². The molecule has 0 radical (unpaired) electrons. The van der Waals surface area contributed by atoms with Gasteiger partial charge in [0.1, 0.15) is 0 Å². The second kappa shape index (κ2) is 4.55. The third-order valence-corrected chi connectivity index (χ3v) is 3.81. The van der Waals surface area contributed by atoms with E-state index < -0.39 is 0 Å². The lowest BCUT2D eigenvalue weighted by Crippen LogP contribution is -2.36. The van der Waals surface area contributed by atoms with E-state index in [0.29, 0.717) is 0 Å². The van der Waals surface area contributed by atoms with E-state index in [1.165, 1.54) is 32.4 Å². The van der Waals surface area contributed by atoms with Crippen molar-refractivity contribution >= 4 is 0 Å². The monoisotopic (exact) mass is 220 g/mol. The molecule has 2 aliphatic rings. The second-order valence-electron chi connectivity index (χ2n) is 5.00. The van der Waals surface area contributed by atoms with E-state index in [0.717, 1.165) is 25.2 Å². The highest BCUT2D eigenvalue weighted by atomic mass is 15.3. The van der Waals surface area contributed by atoms with Gasteiger partial charge in [0.25, 0.3) is 0 Å². The lowest BCUT2D eigenvalue weighted by atomic mass is 10.1. The quantitative estimate of drug-likeness (QED) is 0.814.